The van der Waals surface area contributed by atoms with Crippen LogP contribution in [0.2, 0.25) is 0 Å². The molecule has 2 aliphatic rings. The van der Waals surface area contributed by atoms with Gasteiger partial charge in [0.15, 0.2) is 5.69 Å². The van der Waals surface area contributed by atoms with Crippen molar-refractivity contribution in [3.8, 4) is 0 Å². The number of amides is 1. The number of aliphatic hydroxyl groups is 1. The summed E-state index contributed by atoms with van der Waals surface area (Å²) in [6, 6.07) is 6.46. The quantitative estimate of drug-likeness (QED) is 0.600. The van der Waals surface area contributed by atoms with E-state index in [1.54, 1.807) is 17.0 Å². The second-order valence-electron chi connectivity index (χ2n) is 9.25. The van der Waals surface area contributed by atoms with E-state index in [2.05, 4.69) is 26.6 Å². The first-order valence-corrected chi connectivity index (χ1v) is 12.4. The Morgan fingerprint density at radius 3 is 2.41 bits per heavy atom. The molecule has 0 radical (unpaired) electrons. The summed E-state index contributed by atoms with van der Waals surface area (Å²) in [4.78, 5) is 25.9. The lowest BCUT2D eigenvalue weighted by Gasteiger charge is -2.35. The molecule has 2 saturated heterocycles. The Labute approximate surface area is 200 Å². The molecule has 1 amide bonds. The maximum Gasteiger partial charge on any atom is 0.275 e. The summed E-state index contributed by atoms with van der Waals surface area (Å²) in [5, 5.41) is 10.1. The van der Waals surface area contributed by atoms with Crippen LogP contribution in [0.5, 0.6) is 0 Å². The van der Waals surface area contributed by atoms with Crippen LogP contribution in [0.15, 0.2) is 34.9 Å². The summed E-state index contributed by atoms with van der Waals surface area (Å²) in [7, 11) is 0. The predicted octanol–water partition coefficient (Wildman–Crippen LogP) is 2.44. The van der Waals surface area contributed by atoms with Gasteiger partial charge in [-0.3, -0.25) is 14.6 Å². The van der Waals surface area contributed by atoms with Crippen molar-refractivity contribution in [1.29, 1.82) is 0 Å². The summed E-state index contributed by atoms with van der Waals surface area (Å²) >= 11 is 0. The first-order valence-electron chi connectivity index (χ1n) is 12.4. The topological polar surface area (TPSA) is 76.3 Å². The highest BCUT2D eigenvalue weighted by Gasteiger charge is 2.26. The van der Waals surface area contributed by atoms with Gasteiger partial charge in [0.1, 0.15) is 12.1 Å². The van der Waals surface area contributed by atoms with E-state index in [0.29, 0.717) is 44.3 Å². The Hall–Kier alpha value is -2.49. The highest BCUT2D eigenvalue weighted by atomic mass is 19.1. The van der Waals surface area contributed by atoms with Gasteiger partial charge in [-0.15, -0.1) is 0 Å². The molecule has 9 heteroatoms. The number of anilines is 1. The molecule has 1 aromatic carbocycles. The third-order valence-electron chi connectivity index (χ3n) is 6.71. The minimum absolute atomic E-state index is 0.111. The molecule has 4 rings (SSSR count). The van der Waals surface area contributed by atoms with Gasteiger partial charge in [0.25, 0.3) is 5.91 Å². The van der Waals surface area contributed by atoms with Crippen molar-refractivity contribution in [2.75, 3.05) is 63.8 Å². The summed E-state index contributed by atoms with van der Waals surface area (Å²) in [6.07, 6.45) is 4.26. The monoisotopic (exact) mass is 473 g/mol. The maximum absolute atomic E-state index is 13.2. The minimum Gasteiger partial charge on any atom is -0.447 e. The fourth-order valence-corrected chi connectivity index (χ4v) is 4.61. The molecule has 0 spiro atoms. The van der Waals surface area contributed by atoms with Crippen molar-refractivity contribution >= 4 is 11.6 Å². The Bertz CT molecular complexity index is 906. The highest BCUT2D eigenvalue weighted by molar-refractivity contribution is 5.92. The fraction of sp³-hybridized carbons (Fsp3) is 0.600. The number of nitrogens with zero attached hydrogens (tertiary/aromatic N) is 5. The van der Waals surface area contributed by atoms with Gasteiger partial charge in [0.05, 0.1) is 12.6 Å². The van der Waals surface area contributed by atoms with Crippen LogP contribution in [0, 0.1) is 5.82 Å². The molecule has 1 aromatic heterocycles. The summed E-state index contributed by atoms with van der Waals surface area (Å²) in [6.45, 7) is 9.62. The average molecular weight is 474 g/mol. The highest BCUT2D eigenvalue weighted by Crippen LogP contribution is 2.18. The Kier molecular flexibility index (Phi) is 8.53. The van der Waals surface area contributed by atoms with E-state index in [9.17, 15) is 14.3 Å². The molecule has 3 heterocycles. The van der Waals surface area contributed by atoms with E-state index in [1.165, 1.54) is 18.4 Å². The van der Waals surface area contributed by atoms with Gasteiger partial charge in [-0.05, 0) is 30.7 Å². The zero-order valence-electron chi connectivity index (χ0n) is 20.0. The average Bonchev–Trinajstić information content (AvgIpc) is 3.32. The molecule has 0 aliphatic carbocycles. The molecule has 0 unspecified atom stereocenters. The summed E-state index contributed by atoms with van der Waals surface area (Å²) < 4.78 is 18.8. The lowest BCUT2D eigenvalue weighted by molar-refractivity contribution is 0.0627. The van der Waals surface area contributed by atoms with Gasteiger partial charge in [-0.2, -0.15) is 0 Å². The van der Waals surface area contributed by atoms with Gasteiger partial charge in [-0.25, -0.2) is 9.37 Å². The smallest absolute Gasteiger partial charge is 0.275 e. The number of hydrogen-bond acceptors (Lipinski definition) is 7. The van der Waals surface area contributed by atoms with Crippen LogP contribution in [0.4, 0.5) is 10.1 Å². The molecular weight excluding hydrogens is 437 g/mol. The largest absolute Gasteiger partial charge is 0.447 e. The lowest BCUT2D eigenvalue weighted by Crippen LogP contribution is -2.49. The number of aromatic nitrogens is 1. The number of benzene rings is 1. The van der Waals surface area contributed by atoms with E-state index < -0.39 is 0 Å². The van der Waals surface area contributed by atoms with Crippen molar-refractivity contribution in [2.45, 2.75) is 38.8 Å². The maximum atomic E-state index is 13.2. The fourth-order valence-electron chi connectivity index (χ4n) is 4.61. The molecule has 1 N–H and O–H groups in total. The van der Waals surface area contributed by atoms with Crippen LogP contribution in [0.25, 0.3) is 0 Å². The second-order valence-corrected chi connectivity index (χ2v) is 9.25. The zero-order chi connectivity index (χ0) is 23.9. The molecule has 186 valence electrons. The Morgan fingerprint density at radius 2 is 1.74 bits per heavy atom. The van der Waals surface area contributed by atoms with Crippen LogP contribution in [-0.2, 0) is 6.54 Å². The van der Waals surface area contributed by atoms with E-state index in [4.69, 9.17) is 4.42 Å². The van der Waals surface area contributed by atoms with Crippen molar-refractivity contribution in [3.05, 3.63) is 47.9 Å². The molecule has 0 saturated carbocycles. The van der Waals surface area contributed by atoms with E-state index in [1.807, 2.05) is 0 Å². The third-order valence-corrected chi connectivity index (χ3v) is 6.71. The summed E-state index contributed by atoms with van der Waals surface area (Å²) in [5.74, 6) is 0.201. The van der Waals surface area contributed by atoms with Crippen molar-refractivity contribution in [1.82, 2.24) is 19.7 Å². The standard InChI is InChI=1S/C25H36FN5O3/c1-2-3-4-22(32)17-28-9-11-29(12-10-28)18-24-27-23(19-34-24)25(33)31-15-13-30(14-16-31)21-7-5-20(26)6-8-21/h5-8,19,22,32H,2-4,9-18H2,1H3/t22-/m0/s1. The van der Waals surface area contributed by atoms with Crippen LogP contribution in [-0.4, -0.2) is 95.7 Å². The van der Waals surface area contributed by atoms with Gasteiger partial charge in [0.2, 0.25) is 5.89 Å². The van der Waals surface area contributed by atoms with E-state index >= 15 is 0 Å². The van der Waals surface area contributed by atoms with Crippen molar-refractivity contribution < 1.29 is 18.7 Å². The minimum atomic E-state index is -0.248. The Morgan fingerprint density at radius 1 is 1.06 bits per heavy atom. The molecule has 8 nitrogen and oxygen atoms in total. The first kappa shape index (κ1) is 24.6. The number of piperazine rings is 2. The van der Waals surface area contributed by atoms with Crippen molar-refractivity contribution in [2.24, 2.45) is 0 Å². The number of rotatable bonds is 9. The molecule has 2 fully saturated rings. The van der Waals surface area contributed by atoms with Crippen LogP contribution in [0.1, 0.15) is 42.6 Å². The number of halogens is 1. The molecule has 2 aromatic rings. The molecule has 1 atom stereocenters. The first-order chi connectivity index (χ1) is 16.5. The number of oxazole rings is 1. The number of unbranched alkanes of at least 4 members (excludes halogenated alkanes) is 1. The number of β-amino-alcohol motifs (C(OH)–C–C–N with tert-alkyl or cyclic N) is 1. The van der Waals surface area contributed by atoms with Crippen LogP contribution < -0.4 is 4.90 Å². The van der Waals surface area contributed by atoms with Gasteiger partial charge in [0, 0.05) is 64.6 Å². The molecular formula is C25H36FN5O3. The normalized spacial score (nSPS) is 18.9. The van der Waals surface area contributed by atoms with Gasteiger partial charge >= 0.3 is 0 Å². The molecule has 34 heavy (non-hydrogen) atoms. The van der Waals surface area contributed by atoms with Crippen LogP contribution >= 0.6 is 0 Å². The number of carbonyl (C=O) groups is 1. The predicted molar refractivity (Wildman–Crippen MR) is 128 cm³/mol. The number of carbonyl (C=O) groups excluding carboxylic acids is 1. The van der Waals surface area contributed by atoms with Crippen molar-refractivity contribution in [3.63, 3.8) is 0 Å². The molecule has 0 bridgehead atoms. The molecule has 2 aliphatic heterocycles. The van der Waals surface area contributed by atoms with Gasteiger partial charge in [-0.1, -0.05) is 19.8 Å². The third kappa shape index (κ3) is 6.55. The van der Waals surface area contributed by atoms with E-state index in [0.717, 1.165) is 57.7 Å². The van der Waals surface area contributed by atoms with E-state index in [-0.39, 0.29) is 17.8 Å². The Balaban J connectivity index is 1.21. The van der Waals surface area contributed by atoms with Gasteiger partial charge < -0.3 is 19.3 Å². The number of aliphatic hydroxyl groups excluding tert-OH is 1. The number of hydrogen-bond donors (Lipinski definition) is 1. The van der Waals surface area contributed by atoms with Crippen LogP contribution in [0.3, 0.4) is 0 Å². The summed E-state index contributed by atoms with van der Waals surface area (Å²) in [5.41, 5.74) is 1.32. The second kappa shape index (κ2) is 11.8. The lowest BCUT2D eigenvalue weighted by atomic mass is 10.1. The SMILES string of the molecule is CCCC[C@H](O)CN1CCN(Cc2nc(C(=O)N3CCN(c4ccc(F)cc4)CC3)co2)CC1. The zero-order valence-corrected chi connectivity index (χ0v) is 20.0.